The zero-order valence-electron chi connectivity index (χ0n) is 10.3. The van der Waals surface area contributed by atoms with Gasteiger partial charge < -0.3 is 4.74 Å². The van der Waals surface area contributed by atoms with Gasteiger partial charge in [0.15, 0.2) is 23.3 Å². The Kier molecular flexibility index (Phi) is 5.66. The molecule has 0 atom stereocenters. The number of hydrogen-bond acceptors (Lipinski definition) is 2. The van der Waals surface area contributed by atoms with Gasteiger partial charge in [0.2, 0.25) is 5.82 Å². The van der Waals surface area contributed by atoms with E-state index < -0.39 is 40.6 Å². The fourth-order valence-corrected chi connectivity index (χ4v) is 1.41. The van der Waals surface area contributed by atoms with E-state index in [1.807, 2.05) is 0 Å². The zero-order chi connectivity index (χ0) is 15.3. The largest absolute Gasteiger partial charge is 0.462 e. The normalized spacial score (nSPS) is 10.4. The van der Waals surface area contributed by atoms with Crippen LogP contribution >= 0.6 is 0 Å². The molecule has 0 spiro atoms. The van der Waals surface area contributed by atoms with Crippen molar-refractivity contribution in [2.45, 2.75) is 19.3 Å². The molecule has 1 aromatic rings. The molecule has 0 unspecified atom stereocenters. The number of carbonyl (C=O) groups excluding carboxylic acids is 1. The summed E-state index contributed by atoms with van der Waals surface area (Å²) in [6.45, 7) is 3.28. The summed E-state index contributed by atoms with van der Waals surface area (Å²) in [7, 11) is 0. The lowest BCUT2D eigenvalue weighted by molar-refractivity contribution is 0.0484. The Hall–Kier alpha value is -1.92. The van der Waals surface area contributed by atoms with Crippen LogP contribution in [0.3, 0.4) is 0 Å². The van der Waals surface area contributed by atoms with Crippen molar-refractivity contribution in [3.05, 3.63) is 47.3 Å². The number of rotatable bonds is 6. The molecule has 0 aliphatic carbocycles. The minimum absolute atomic E-state index is 0.188. The van der Waals surface area contributed by atoms with Crippen LogP contribution in [0.4, 0.5) is 22.0 Å². The highest BCUT2D eigenvalue weighted by Crippen LogP contribution is 2.23. The first-order valence-electron chi connectivity index (χ1n) is 5.71. The number of halogens is 5. The van der Waals surface area contributed by atoms with Crippen LogP contribution in [0.2, 0.25) is 0 Å². The summed E-state index contributed by atoms with van der Waals surface area (Å²) in [6, 6.07) is 0. The molecule has 1 aromatic carbocycles. The van der Waals surface area contributed by atoms with Gasteiger partial charge in [-0.15, -0.1) is 6.58 Å². The highest BCUT2D eigenvalue weighted by molar-refractivity contribution is 5.90. The van der Waals surface area contributed by atoms with Crippen LogP contribution in [-0.2, 0) is 4.74 Å². The highest BCUT2D eigenvalue weighted by Gasteiger charge is 2.30. The molecule has 110 valence electrons. The maximum Gasteiger partial charge on any atom is 0.344 e. The summed E-state index contributed by atoms with van der Waals surface area (Å²) >= 11 is 0. The summed E-state index contributed by atoms with van der Waals surface area (Å²) in [5.41, 5.74) is -1.58. The van der Waals surface area contributed by atoms with Crippen LogP contribution in [0, 0.1) is 29.1 Å². The van der Waals surface area contributed by atoms with Gasteiger partial charge in [0.05, 0.1) is 6.61 Å². The van der Waals surface area contributed by atoms with Crippen molar-refractivity contribution in [2.75, 3.05) is 6.61 Å². The van der Waals surface area contributed by atoms with E-state index in [9.17, 15) is 26.7 Å². The minimum Gasteiger partial charge on any atom is -0.462 e. The average molecular weight is 294 g/mol. The van der Waals surface area contributed by atoms with Crippen LogP contribution in [0.25, 0.3) is 0 Å². The number of ether oxygens (including phenoxy) is 1. The molecule has 0 aliphatic rings. The summed E-state index contributed by atoms with van der Waals surface area (Å²) in [5, 5.41) is 0. The molecular weight excluding hydrogens is 283 g/mol. The molecule has 0 aliphatic heterocycles. The van der Waals surface area contributed by atoms with Crippen LogP contribution in [0.1, 0.15) is 29.6 Å². The summed E-state index contributed by atoms with van der Waals surface area (Å²) < 4.78 is 69.5. The molecule has 0 saturated carbocycles. The Morgan fingerprint density at radius 2 is 1.45 bits per heavy atom. The minimum atomic E-state index is -2.32. The molecule has 0 N–H and O–H groups in total. The van der Waals surface area contributed by atoms with E-state index in [1.54, 1.807) is 6.08 Å². The Morgan fingerprint density at radius 1 is 0.950 bits per heavy atom. The van der Waals surface area contributed by atoms with E-state index in [1.165, 1.54) is 0 Å². The number of allylic oxidation sites excluding steroid dienone is 1. The molecular formula is C13H11F5O2. The lowest BCUT2D eigenvalue weighted by Gasteiger charge is -2.08. The second kappa shape index (κ2) is 7.02. The van der Waals surface area contributed by atoms with Gasteiger partial charge in [-0.1, -0.05) is 6.08 Å². The SMILES string of the molecule is C=CCCCCOC(=O)c1c(F)c(F)c(F)c(F)c1F. The monoisotopic (exact) mass is 294 g/mol. The lowest BCUT2D eigenvalue weighted by atomic mass is 10.1. The van der Waals surface area contributed by atoms with Crippen LogP contribution < -0.4 is 0 Å². The van der Waals surface area contributed by atoms with Crippen molar-refractivity contribution in [1.82, 2.24) is 0 Å². The van der Waals surface area contributed by atoms with Crippen molar-refractivity contribution in [3.63, 3.8) is 0 Å². The molecule has 7 heteroatoms. The molecule has 0 heterocycles. The van der Waals surface area contributed by atoms with Crippen molar-refractivity contribution >= 4 is 5.97 Å². The zero-order valence-corrected chi connectivity index (χ0v) is 10.3. The van der Waals surface area contributed by atoms with Crippen LogP contribution in [-0.4, -0.2) is 12.6 Å². The molecule has 1 rings (SSSR count). The van der Waals surface area contributed by atoms with Gasteiger partial charge in [-0.2, -0.15) is 0 Å². The first-order chi connectivity index (χ1) is 9.41. The predicted octanol–water partition coefficient (Wildman–Crippen LogP) is 3.90. The fraction of sp³-hybridized carbons (Fsp3) is 0.308. The molecule has 0 amide bonds. The summed E-state index contributed by atoms with van der Waals surface area (Å²) in [6.07, 6.45) is 3.28. The first kappa shape index (κ1) is 16.1. The number of hydrogen-bond donors (Lipinski definition) is 0. The topological polar surface area (TPSA) is 26.3 Å². The predicted molar refractivity (Wildman–Crippen MR) is 60.6 cm³/mol. The number of benzene rings is 1. The quantitative estimate of drug-likeness (QED) is 0.199. The number of unbranched alkanes of at least 4 members (excludes halogenated alkanes) is 2. The van der Waals surface area contributed by atoms with Gasteiger partial charge in [-0.3, -0.25) is 0 Å². The third-order valence-electron chi connectivity index (χ3n) is 2.45. The van der Waals surface area contributed by atoms with Crippen molar-refractivity contribution in [2.24, 2.45) is 0 Å². The van der Waals surface area contributed by atoms with Gasteiger partial charge in [-0.25, -0.2) is 26.7 Å². The Labute approximate surface area is 111 Å². The van der Waals surface area contributed by atoms with Gasteiger partial charge in [0, 0.05) is 0 Å². The van der Waals surface area contributed by atoms with Crippen molar-refractivity contribution in [1.29, 1.82) is 0 Å². The molecule has 0 radical (unpaired) electrons. The molecule has 0 saturated heterocycles. The standard InChI is InChI=1S/C13H11F5O2/c1-2-3-4-5-6-20-13(19)7-8(14)10(16)12(18)11(17)9(7)15/h2H,1,3-6H2. The smallest absolute Gasteiger partial charge is 0.344 e. The lowest BCUT2D eigenvalue weighted by Crippen LogP contribution is -2.15. The van der Waals surface area contributed by atoms with Gasteiger partial charge in [0.25, 0.3) is 0 Å². The third-order valence-corrected chi connectivity index (χ3v) is 2.45. The van der Waals surface area contributed by atoms with Gasteiger partial charge >= 0.3 is 5.97 Å². The molecule has 0 fully saturated rings. The van der Waals surface area contributed by atoms with E-state index >= 15 is 0 Å². The van der Waals surface area contributed by atoms with Gasteiger partial charge in [0.1, 0.15) is 5.56 Å². The average Bonchev–Trinajstić information content (AvgIpc) is 2.43. The Balaban J connectivity index is 2.86. The molecule has 20 heavy (non-hydrogen) atoms. The second-order valence-electron chi connectivity index (χ2n) is 3.87. The van der Waals surface area contributed by atoms with Gasteiger partial charge in [-0.05, 0) is 19.3 Å². The van der Waals surface area contributed by atoms with Crippen molar-refractivity contribution < 1.29 is 31.5 Å². The maximum atomic E-state index is 13.2. The second-order valence-corrected chi connectivity index (χ2v) is 3.87. The first-order valence-corrected chi connectivity index (χ1v) is 5.71. The summed E-state index contributed by atoms with van der Waals surface area (Å²) in [4.78, 5) is 11.4. The third kappa shape index (κ3) is 3.34. The summed E-state index contributed by atoms with van der Waals surface area (Å²) in [5.74, 6) is -12.7. The molecule has 0 aromatic heterocycles. The van der Waals surface area contributed by atoms with E-state index in [0.29, 0.717) is 19.3 Å². The molecule has 2 nitrogen and oxygen atoms in total. The molecule has 0 bridgehead atoms. The number of carbonyl (C=O) groups is 1. The number of esters is 1. The highest BCUT2D eigenvalue weighted by atomic mass is 19.2. The Morgan fingerprint density at radius 3 is 1.95 bits per heavy atom. The van der Waals surface area contributed by atoms with E-state index in [0.717, 1.165) is 0 Å². The van der Waals surface area contributed by atoms with E-state index in [2.05, 4.69) is 11.3 Å². The van der Waals surface area contributed by atoms with E-state index in [4.69, 9.17) is 0 Å². The van der Waals surface area contributed by atoms with Crippen molar-refractivity contribution in [3.8, 4) is 0 Å². The fourth-order valence-electron chi connectivity index (χ4n) is 1.41. The van der Waals surface area contributed by atoms with Crippen LogP contribution in [0.5, 0.6) is 0 Å². The Bertz CT molecular complexity index is 499. The maximum absolute atomic E-state index is 13.2. The van der Waals surface area contributed by atoms with Crippen LogP contribution in [0.15, 0.2) is 12.7 Å². The van der Waals surface area contributed by atoms with E-state index in [-0.39, 0.29) is 6.61 Å².